The van der Waals surface area contributed by atoms with Crippen molar-refractivity contribution in [2.75, 3.05) is 39.3 Å². The summed E-state index contributed by atoms with van der Waals surface area (Å²) in [6.45, 7) is 5.53. The van der Waals surface area contributed by atoms with E-state index < -0.39 is 0 Å². The van der Waals surface area contributed by atoms with Crippen molar-refractivity contribution in [3.8, 4) is 0 Å². The summed E-state index contributed by atoms with van der Waals surface area (Å²) < 4.78 is 0. The molecule has 1 saturated heterocycles. The summed E-state index contributed by atoms with van der Waals surface area (Å²) in [7, 11) is 0. The van der Waals surface area contributed by atoms with Gasteiger partial charge in [0.1, 0.15) is 32.2 Å². The van der Waals surface area contributed by atoms with Gasteiger partial charge >= 0.3 is 0 Å². The Labute approximate surface area is 183 Å². The fourth-order valence-corrected chi connectivity index (χ4v) is 5.12. The standard InChI is InChI=1S/C25H29N3OS/c29-24(26-14-13-23-12-7-19-30-23)20-27-15-17-28(18-16-27)25(21-8-3-1-4-9-21)22-10-5-2-6-11-22/h1-12,19,25H,13-18,20H2,(H,26,29)/p+2. The first kappa shape index (κ1) is 20.8. The molecule has 5 heteroatoms. The first-order valence-electron chi connectivity index (χ1n) is 10.9. The van der Waals surface area contributed by atoms with Crippen molar-refractivity contribution in [2.24, 2.45) is 0 Å². The Kier molecular flexibility index (Phi) is 7.29. The number of carbonyl (C=O) groups is 1. The lowest BCUT2D eigenvalue weighted by Gasteiger charge is -2.34. The SMILES string of the molecule is O=C(C[NH+]1CC[NH+](C(c2ccccc2)c2ccccc2)CC1)NCCc1cccs1. The van der Waals surface area contributed by atoms with Crippen molar-refractivity contribution in [1.29, 1.82) is 0 Å². The molecule has 0 radical (unpaired) electrons. The van der Waals surface area contributed by atoms with Crippen LogP contribution in [0.15, 0.2) is 78.2 Å². The van der Waals surface area contributed by atoms with E-state index in [9.17, 15) is 4.79 Å². The molecule has 1 amide bonds. The molecule has 0 aliphatic carbocycles. The summed E-state index contributed by atoms with van der Waals surface area (Å²) in [6.07, 6.45) is 0.923. The van der Waals surface area contributed by atoms with E-state index in [4.69, 9.17) is 0 Å². The average molecular weight is 422 g/mol. The average Bonchev–Trinajstić information content (AvgIpc) is 3.30. The second-order valence-corrected chi connectivity index (χ2v) is 9.05. The van der Waals surface area contributed by atoms with Gasteiger partial charge in [-0.25, -0.2) is 0 Å². The molecule has 4 rings (SSSR count). The van der Waals surface area contributed by atoms with Crippen LogP contribution in [-0.4, -0.2) is 45.2 Å². The molecule has 3 N–H and O–H groups in total. The van der Waals surface area contributed by atoms with E-state index in [0.29, 0.717) is 12.6 Å². The molecule has 1 aromatic heterocycles. The molecular formula is C25H31N3OS+2. The minimum absolute atomic E-state index is 0.174. The van der Waals surface area contributed by atoms with Crippen molar-refractivity contribution in [3.05, 3.63) is 94.2 Å². The molecule has 0 spiro atoms. The number of hydrogen-bond donors (Lipinski definition) is 3. The van der Waals surface area contributed by atoms with Crippen LogP contribution in [0.2, 0.25) is 0 Å². The van der Waals surface area contributed by atoms with E-state index in [2.05, 4.69) is 83.5 Å². The van der Waals surface area contributed by atoms with Crippen molar-refractivity contribution >= 4 is 17.2 Å². The van der Waals surface area contributed by atoms with E-state index >= 15 is 0 Å². The van der Waals surface area contributed by atoms with Gasteiger partial charge in [-0.1, -0.05) is 66.7 Å². The van der Waals surface area contributed by atoms with Crippen LogP contribution in [0.1, 0.15) is 22.0 Å². The highest BCUT2D eigenvalue weighted by Crippen LogP contribution is 2.18. The molecule has 2 aromatic carbocycles. The predicted molar refractivity (Wildman–Crippen MR) is 122 cm³/mol. The molecule has 1 fully saturated rings. The van der Waals surface area contributed by atoms with Gasteiger partial charge in [-0.15, -0.1) is 11.3 Å². The predicted octanol–water partition coefficient (Wildman–Crippen LogP) is 0.980. The minimum atomic E-state index is 0.174. The number of thiophene rings is 1. The topological polar surface area (TPSA) is 38.0 Å². The Bertz CT molecular complexity index is 851. The van der Waals surface area contributed by atoms with Gasteiger partial charge in [0.2, 0.25) is 0 Å². The lowest BCUT2D eigenvalue weighted by Crippen LogP contribution is -3.28. The van der Waals surface area contributed by atoms with Gasteiger partial charge in [-0.05, 0) is 17.9 Å². The van der Waals surface area contributed by atoms with E-state index in [1.165, 1.54) is 20.9 Å². The maximum absolute atomic E-state index is 12.4. The molecule has 30 heavy (non-hydrogen) atoms. The molecule has 2 heterocycles. The highest BCUT2D eigenvalue weighted by Gasteiger charge is 2.32. The number of piperazine rings is 1. The third-order valence-electron chi connectivity index (χ3n) is 5.96. The minimum Gasteiger partial charge on any atom is -0.351 e. The highest BCUT2D eigenvalue weighted by molar-refractivity contribution is 7.09. The van der Waals surface area contributed by atoms with Gasteiger partial charge < -0.3 is 15.1 Å². The van der Waals surface area contributed by atoms with E-state index in [-0.39, 0.29) is 5.91 Å². The Morgan fingerprint density at radius 2 is 1.50 bits per heavy atom. The molecule has 4 nitrogen and oxygen atoms in total. The van der Waals surface area contributed by atoms with Gasteiger partial charge in [0.25, 0.3) is 5.91 Å². The number of nitrogens with one attached hydrogen (secondary N) is 3. The zero-order valence-electron chi connectivity index (χ0n) is 17.3. The molecule has 0 saturated carbocycles. The van der Waals surface area contributed by atoms with Crippen molar-refractivity contribution in [3.63, 3.8) is 0 Å². The number of carbonyl (C=O) groups excluding carboxylic acids is 1. The zero-order valence-corrected chi connectivity index (χ0v) is 18.2. The van der Waals surface area contributed by atoms with Crippen LogP contribution in [0, 0.1) is 0 Å². The summed E-state index contributed by atoms with van der Waals surface area (Å²) >= 11 is 1.75. The molecule has 3 aromatic rings. The van der Waals surface area contributed by atoms with E-state index in [1.807, 2.05) is 0 Å². The molecule has 156 valence electrons. The maximum atomic E-state index is 12.4. The van der Waals surface area contributed by atoms with E-state index in [0.717, 1.165) is 39.1 Å². The van der Waals surface area contributed by atoms with Gasteiger partial charge in [0, 0.05) is 22.5 Å². The molecule has 1 aliphatic rings. The first-order valence-corrected chi connectivity index (χ1v) is 11.7. The number of amides is 1. The van der Waals surface area contributed by atoms with Gasteiger partial charge in [-0.3, -0.25) is 4.79 Å². The summed E-state index contributed by atoms with van der Waals surface area (Å²) in [5, 5.41) is 5.18. The highest BCUT2D eigenvalue weighted by atomic mass is 32.1. The van der Waals surface area contributed by atoms with Crippen LogP contribution in [0.5, 0.6) is 0 Å². The normalized spacial score (nSPS) is 19.0. The first-order chi connectivity index (χ1) is 14.8. The van der Waals surface area contributed by atoms with Crippen LogP contribution in [0.25, 0.3) is 0 Å². The number of benzene rings is 2. The van der Waals surface area contributed by atoms with Crippen LogP contribution in [-0.2, 0) is 11.2 Å². The molecular weight excluding hydrogens is 390 g/mol. The number of quaternary nitrogens is 2. The van der Waals surface area contributed by atoms with Crippen LogP contribution in [0.4, 0.5) is 0 Å². The Morgan fingerprint density at radius 1 is 0.867 bits per heavy atom. The third kappa shape index (κ3) is 5.57. The quantitative estimate of drug-likeness (QED) is 0.499. The van der Waals surface area contributed by atoms with Crippen LogP contribution in [0.3, 0.4) is 0 Å². The fraction of sp³-hybridized carbons (Fsp3) is 0.320. The molecule has 1 aliphatic heterocycles. The molecule has 0 unspecified atom stereocenters. The lowest BCUT2D eigenvalue weighted by molar-refractivity contribution is -1.02. The van der Waals surface area contributed by atoms with Gasteiger partial charge in [0.15, 0.2) is 6.54 Å². The lowest BCUT2D eigenvalue weighted by atomic mass is 9.96. The third-order valence-corrected chi connectivity index (χ3v) is 6.89. The Morgan fingerprint density at radius 3 is 2.07 bits per heavy atom. The smallest absolute Gasteiger partial charge is 0.275 e. The van der Waals surface area contributed by atoms with Crippen molar-refractivity contribution in [1.82, 2.24) is 5.32 Å². The summed E-state index contributed by atoms with van der Waals surface area (Å²) in [4.78, 5) is 16.7. The number of rotatable bonds is 8. The largest absolute Gasteiger partial charge is 0.351 e. The maximum Gasteiger partial charge on any atom is 0.275 e. The summed E-state index contributed by atoms with van der Waals surface area (Å²) in [5.74, 6) is 0.174. The van der Waals surface area contributed by atoms with Gasteiger partial charge in [0.05, 0.1) is 0 Å². The molecule has 0 atom stereocenters. The number of hydrogen-bond acceptors (Lipinski definition) is 2. The fourth-order valence-electron chi connectivity index (χ4n) is 4.41. The van der Waals surface area contributed by atoms with Crippen molar-refractivity contribution < 1.29 is 14.6 Å². The Hall–Kier alpha value is -2.47. The van der Waals surface area contributed by atoms with Crippen molar-refractivity contribution in [2.45, 2.75) is 12.5 Å². The summed E-state index contributed by atoms with van der Waals surface area (Å²) in [5.41, 5.74) is 2.74. The Balaban J connectivity index is 1.30. The van der Waals surface area contributed by atoms with Gasteiger partial charge in [-0.2, -0.15) is 0 Å². The van der Waals surface area contributed by atoms with Crippen LogP contribution >= 0.6 is 11.3 Å². The molecule has 0 bridgehead atoms. The zero-order chi connectivity index (χ0) is 20.6. The second kappa shape index (κ2) is 10.5. The monoisotopic (exact) mass is 421 g/mol. The van der Waals surface area contributed by atoms with Crippen LogP contribution < -0.4 is 15.1 Å². The second-order valence-electron chi connectivity index (χ2n) is 8.02. The van der Waals surface area contributed by atoms with E-state index in [1.54, 1.807) is 16.2 Å². The summed E-state index contributed by atoms with van der Waals surface area (Å²) in [6, 6.07) is 26.2.